The van der Waals surface area contributed by atoms with E-state index < -0.39 is 11.1 Å². The third-order valence-electron chi connectivity index (χ3n) is 2.78. The lowest BCUT2D eigenvalue weighted by atomic mass is 10.2. The predicted octanol–water partition coefficient (Wildman–Crippen LogP) is 0.791. The molecule has 100 valence electrons. The summed E-state index contributed by atoms with van der Waals surface area (Å²) in [5, 5.41) is 16.9. The zero-order valence-corrected chi connectivity index (χ0v) is 10.6. The number of anilines is 1. The SMILES string of the molecule is CC1=CC=C([N+](=O)[O-])C(Nc2ccc(=O)n(C)c2)N1. The van der Waals surface area contributed by atoms with Gasteiger partial charge in [-0.05, 0) is 19.1 Å². The highest BCUT2D eigenvalue weighted by molar-refractivity contribution is 5.44. The highest BCUT2D eigenvalue weighted by Gasteiger charge is 2.26. The molecule has 2 rings (SSSR count). The van der Waals surface area contributed by atoms with E-state index in [0.29, 0.717) is 5.69 Å². The number of aryl methyl sites for hydroxylation is 1. The molecule has 0 radical (unpaired) electrons. The van der Waals surface area contributed by atoms with Crippen molar-refractivity contribution in [2.75, 3.05) is 5.32 Å². The van der Waals surface area contributed by atoms with Crippen molar-refractivity contribution in [2.24, 2.45) is 7.05 Å². The van der Waals surface area contributed by atoms with Gasteiger partial charge in [-0.25, -0.2) is 0 Å². The van der Waals surface area contributed by atoms with Gasteiger partial charge < -0.3 is 15.2 Å². The lowest BCUT2D eigenvalue weighted by Gasteiger charge is -2.22. The molecule has 7 heteroatoms. The summed E-state index contributed by atoms with van der Waals surface area (Å²) in [6, 6.07) is 3.00. The molecule has 0 aromatic carbocycles. The van der Waals surface area contributed by atoms with Crippen LogP contribution in [0.5, 0.6) is 0 Å². The highest BCUT2D eigenvalue weighted by Crippen LogP contribution is 2.15. The summed E-state index contributed by atoms with van der Waals surface area (Å²) in [7, 11) is 1.62. The Hall–Kier alpha value is -2.57. The second-order valence-electron chi connectivity index (χ2n) is 4.29. The number of aromatic nitrogens is 1. The van der Waals surface area contributed by atoms with Crippen LogP contribution in [0.25, 0.3) is 0 Å². The molecular formula is C12H14N4O3. The van der Waals surface area contributed by atoms with Gasteiger partial charge >= 0.3 is 0 Å². The van der Waals surface area contributed by atoms with Gasteiger partial charge in [0.05, 0.1) is 10.6 Å². The third-order valence-corrected chi connectivity index (χ3v) is 2.78. The summed E-state index contributed by atoms with van der Waals surface area (Å²) in [6.45, 7) is 1.82. The third kappa shape index (κ3) is 2.82. The second-order valence-corrected chi connectivity index (χ2v) is 4.29. The number of nitrogens with one attached hydrogen (secondary N) is 2. The summed E-state index contributed by atoms with van der Waals surface area (Å²) in [6.07, 6.45) is 4.08. The van der Waals surface area contributed by atoms with Crippen LogP contribution in [0.15, 0.2) is 46.7 Å². The van der Waals surface area contributed by atoms with E-state index in [4.69, 9.17) is 0 Å². The molecule has 1 aromatic heterocycles. The quantitative estimate of drug-likeness (QED) is 0.621. The number of pyridine rings is 1. The number of hydrogen-bond donors (Lipinski definition) is 2. The Kier molecular flexibility index (Phi) is 3.37. The van der Waals surface area contributed by atoms with E-state index in [1.807, 2.05) is 6.92 Å². The van der Waals surface area contributed by atoms with Crippen molar-refractivity contribution >= 4 is 5.69 Å². The van der Waals surface area contributed by atoms with Crippen molar-refractivity contribution in [3.05, 3.63) is 62.3 Å². The Morgan fingerprint density at radius 1 is 1.42 bits per heavy atom. The number of rotatable bonds is 3. The van der Waals surface area contributed by atoms with Crippen LogP contribution in [0.2, 0.25) is 0 Å². The summed E-state index contributed by atoms with van der Waals surface area (Å²) >= 11 is 0. The molecule has 1 unspecified atom stereocenters. The maximum absolute atomic E-state index is 11.3. The topological polar surface area (TPSA) is 89.2 Å². The van der Waals surface area contributed by atoms with Crippen LogP contribution in [-0.2, 0) is 7.05 Å². The fourth-order valence-electron chi connectivity index (χ4n) is 1.78. The normalized spacial score (nSPS) is 18.1. The minimum atomic E-state index is -0.627. The van der Waals surface area contributed by atoms with E-state index in [2.05, 4.69) is 10.6 Å². The van der Waals surface area contributed by atoms with Gasteiger partial charge in [-0.3, -0.25) is 14.9 Å². The van der Waals surface area contributed by atoms with Crippen molar-refractivity contribution in [3.8, 4) is 0 Å². The van der Waals surface area contributed by atoms with Gasteiger partial charge in [0, 0.05) is 31.1 Å². The van der Waals surface area contributed by atoms with E-state index in [1.54, 1.807) is 25.4 Å². The fourth-order valence-corrected chi connectivity index (χ4v) is 1.78. The second kappa shape index (κ2) is 4.97. The van der Waals surface area contributed by atoms with E-state index in [9.17, 15) is 14.9 Å². The van der Waals surface area contributed by atoms with Crippen LogP contribution < -0.4 is 16.2 Å². The molecule has 7 nitrogen and oxygen atoms in total. The first-order chi connectivity index (χ1) is 8.97. The van der Waals surface area contributed by atoms with Crippen LogP contribution in [-0.4, -0.2) is 15.7 Å². The van der Waals surface area contributed by atoms with Gasteiger partial charge in [-0.1, -0.05) is 0 Å². The molecule has 0 amide bonds. The van der Waals surface area contributed by atoms with E-state index >= 15 is 0 Å². The molecule has 1 atom stereocenters. The Morgan fingerprint density at radius 2 is 2.16 bits per heavy atom. The van der Waals surface area contributed by atoms with Crippen LogP contribution in [0, 0.1) is 10.1 Å². The first-order valence-electron chi connectivity index (χ1n) is 5.70. The summed E-state index contributed by atoms with van der Waals surface area (Å²) in [4.78, 5) is 21.8. The molecule has 0 saturated heterocycles. The molecule has 0 fully saturated rings. The average molecular weight is 262 g/mol. The Labute approximate surface area is 109 Å². The number of hydrogen-bond acceptors (Lipinski definition) is 5. The Bertz CT molecular complexity index is 630. The zero-order valence-electron chi connectivity index (χ0n) is 10.6. The lowest BCUT2D eigenvalue weighted by molar-refractivity contribution is -0.429. The minimum Gasteiger partial charge on any atom is -0.360 e. The molecule has 2 N–H and O–H groups in total. The van der Waals surface area contributed by atoms with Crippen molar-refractivity contribution < 1.29 is 4.92 Å². The van der Waals surface area contributed by atoms with Gasteiger partial charge in [-0.15, -0.1) is 0 Å². The van der Waals surface area contributed by atoms with E-state index in [1.165, 1.54) is 16.7 Å². The molecule has 0 spiro atoms. The van der Waals surface area contributed by atoms with Crippen LogP contribution in [0.3, 0.4) is 0 Å². The van der Waals surface area contributed by atoms with Gasteiger partial charge in [0.2, 0.25) is 5.56 Å². The molecule has 1 aromatic rings. The Balaban J connectivity index is 2.24. The maximum atomic E-state index is 11.3. The number of allylic oxidation sites excluding steroid dienone is 3. The standard InChI is InChI=1S/C12H14N4O3/c1-8-3-5-10(16(18)19)12(13-8)14-9-4-6-11(17)15(2)7-9/h3-7,12-14H,1-2H3. The first kappa shape index (κ1) is 12.9. The fraction of sp³-hybridized carbons (Fsp3) is 0.250. The number of dihydropyridines is 1. The largest absolute Gasteiger partial charge is 0.360 e. The molecule has 0 bridgehead atoms. The van der Waals surface area contributed by atoms with Gasteiger partial charge in [0.15, 0.2) is 6.17 Å². The molecule has 0 saturated carbocycles. The highest BCUT2D eigenvalue weighted by atomic mass is 16.6. The molecule has 1 aliphatic rings. The minimum absolute atomic E-state index is 0.0273. The van der Waals surface area contributed by atoms with Gasteiger partial charge in [-0.2, -0.15) is 0 Å². The van der Waals surface area contributed by atoms with Gasteiger partial charge in [0.1, 0.15) is 0 Å². The van der Waals surface area contributed by atoms with Gasteiger partial charge in [0.25, 0.3) is 5.70 Å². The maximum Gasteiger partial charge on any atom is 0.288 e. The molecule has 19 heavy (non-hydrogen) atoms. The van der Waals surface area contributed by atoms with E-state index in [0.717, 1.165) is 5.70 Å². The van der Waals surface area contributed by atoms with Crippen LogP contribution in [0.1, 0.15) is 6.92 Å². The summed E-state index contributed by atoms with van der Waals surface area (Å²) < 4.78 is 1.41. The summed E-state index contributed by atoms with van der Waals surface area (Å²) in [5.41, 5.74) is 1.35. The molecule has 1 aliphatic heterocycles. The van der Waals surface area contributed by atoms with Crippen molar-refractivity contribution in [3.63, 3.8) is 0 Å². The molecule has 2 heterocycles. The van der Waals surface area contributed by atoms with E-state index in [-0.39, 0.29) is 11.3 Å². The predicted molar refractivity (Wildman–Crippen MR) is 71.1 cm³/mol. The number of nitro groups is 1. The smallest absolute Gasteiger partial charge is 0.288 e. The van der Waals surface area contributed by atoms with Crippen LogP contribution >= 0.6 is 0 Å². The molecule has 0 aliphatic carbocycles. The molecular weight excluding hydrogens is 248 g/mol. The average Bonchev–Trinajstić information content (AvgIpc) is 2.33. The van der Waals surface area contributed by atoms with Crippen molar-refractivity contribution in [2.45, 2.75) is 13.1 Å². The van der Waals surface area contributed by atoms with Crippen molar-refractivity contribution in [1.29, 1.82) is 0 Å². The van der Waals surface area contributed by atoms with Crippen molar-refractivity contribution in [1.82, 2.24) is 9.88 Å². The monoisotopic (exact) mass is 262 g/mol. The zero-order chi connectivity index (χ0) is 14.0. The van der Waals surface area contributed by atoms with Crippen LogP contribution in [0.4, 0.5) is 5.69 Å². The Morgan fingerprint density at radius 3 is 2.79 bits per heavy atom. The first-order valence-corrected chi connectivity index (χ1v) is 5.70. The summed E-state index contributed by atoms with van der Waals surface area (Å²) in [5.74, 6) is 0. The number of nitrogens with zero attached hydrogens (tertiary/aromatic N) is 2. The lowest BCUT2D eigenvalue weighted by Crippen LogP contribution is -2.41.